The summed E-state index contributed by atoms with van der Waals surface area (Å²) in [6, 6.07) is 19.6. The molecule has 0 aliphatic heterocycles. The maximum absolute atomic E-state index is 11.2. The van der Waals surface area contributed by atoms with Gasteiger partial charge in [0.15, 0.2) is 0 Å². The maximum Gasteiger partial charge on any atom is 0.221 e. The van der Waals surface area contributed by atoms with Crippen molar-refractivity contribution in [3.63, 3.8) is 0 Å². The van der Waals surface area contributed by atoms with Gasteiger partial charge < -0.3 is 5.32 Å². The van der Waals surface area contributed by atoms with Crippen molar-refractivity contribution in [2.45, 2.75) is 6.04 Å². The molecule has 0 fully saturated rings. The Morgan fingerprint density at radius 3 is 1.65 bits per heavy atom. The van der Waals surface area contributed by atoms with Crippen LogP contribution in [0.5, 0.6) is 0 Å². The highest BCUT2D eigenvalue weighted by atomic mass is 16.1. The second kappa shape index (κ2) is 5.30. The molecule has 0 bridgehead atoms. The molecule has 0 saturated heterocycles. The number of carbonyl (C=O) groups excluding carboxylic acids is 1. The summed E-state index contributed by atoms with van der Waals surface area (Å²) in [5, 5.41) is 2.86. The SMILES string of the molecule is [CH2]C(=O)NC(c1ccccc1)c1ccccc1. The molecule has 17 heavy (non-hydrogen) atoms. The number of amides is 1. The van der Waals surface area contributed by atoms with Crippen LogP contribution in [0.25, 0.3) is 0 Å². The van der Waals surface area contributed by atoms with Gasteiger partial charge in [0, 0.05) is 6.92 Å². The molecule has 1 radical (unpaired) electrons. The highest BCUT2D eigenvalue weighted by Gasteiger charge is 2.13. The lowest BCUT2D eigenvalue weighted by Gasteiger charge is -2.18. The molecule has 0 unspecified atom stereocenters. The van der Waals surface area contributed by atoms with Crippen molar-refractivity contribution < 1.29 is 4.79 Å². The van der Waals surface area contributed by atoms with Gasteiger partial charge in [-0.05, 0) is 11.1 Å². The Bertz CT molecular complexity index is 439. The molecule has 2 nitrogen and oxygen atoms in total. The molecule has 1 N–H and O–H groups in total. The summed E-state index contributed by atoms with van der Waals surface area (Å²) in [6.07, 6.45) is 0. The average Bonchev–Trinajstić information content (AvgIpc) is 2.38. The van der Waals surface area contributed by atoms with Crippen LogP contribution in [-0.2, 0) is 4.79 Å². The first-order valence-corrected chi connectivity index (χ1v) is 5.50. The zero-order valence-electron chi connectivity index (χ0n) is 9.47. The van der Waals surface area contributed by atoms with Crippen molar-refractivity contribution in [1.29, 1.82) is 0 Å². The molecule has 0 aliphatic carbocycles. The fraction of sp³-hybridized carbons (Fsp3) is 0.0667. The summed E-state index contributed by atoms with van der Waals surface area (Å²) in [4.78, 5) is 11.2. The molecular weight excluding hydrogens is 210 g/mol. The number of nitrogens with one attached hydrogen (secondary N) is 1. The monoisotopic (exact) mass is 224 g/mol. The number of hydrogen-bond acceptors (Lipinski definition) is 1. The van der Waals surface area contributed by atoms with E-state index in [1.54, 1.807) is 0 Å². The van der Waals surface area contributed by atoms with Gasteiger partial charge in [-0.15, -0.1) is 0 Å². The molecule has 85 valence electrons. The molecular formula is C15H14NO. The van der Waals surface area contributed by atoms with E-state index in [1.165, 1.54) is 0 Å². The summed E-state index contributed by atoms with van der Waals surface area (Å²) in [5.41, 5.74) is 2.10. The van der Waals surface area contributed by atoms with Crippen LogP contribution in [0.4, 0.5) is 0 Å². The summed E-state index contributed by atoms with van der Waals surface area (Å²) in [6.45, 7) is 3.38. The first kappa shape index (κ1) is 11.4. The van der Waals surface area contributed by atoms with Crippen molar-refractivity contribution in [2.24, 2.45) is 0 Å². The van der Waals surface area contributed by atoms with Gasteiger partial charge in [0.1, 0.15) is 0 Å². The molecule has 0 atom stereocenters. The smallest absolute Gasteiger partial charge is 0.221 e. The van der Waals surface area contributed by atoms with Crippen LogP contribution >= 0.6 is 0 Å². The van der Waals surface area contributed by atoms with Crippen LogP contribution in [0.15, 0.2) is 60.7 Å². The van der Waals surface area contributed by atoms with E-state index in [4.69, 9.17) is 0 Å². The van der Waals surface area contributed by atoms with Crippen LogP contribution in [0.3, 0.4) is 0 Å². The van der Waals surface area contributed by atoms with Crippen molar-refractivity contribution in [3.8, 4) is 0 Å². The van der Waals surface area contributed by atoms with E-state index in [0.29, 0.717) is 0 Å². The van der Waals surface area contributed by atoms with Crippen molar-refractivity contribution >= 4 is 5.91 Å². The largest absolute Gasteiger partial charge is 0.345 e. The van der Waals surface area contributed by atoms with Crippen molar-refractivity contribution in [2.75, 3.05) is 0 Å². The van der Waals surface area contributed by atoms with Crippen molar-refractivity contribution in [3.05, 3.63) is 78.7 Å². The van der Waals surface area contributed by atoms with Crippen molar-refractivity contribution in [1.82, 2.24) is 5.32 Å². The maximum atomic E-state index is 11.2. The quantitative estimate of drug-likeness (QED) is 0.853. The molecule has 2 heteroatoms. The Labute approximate surface area is 101 Å². The minimum absolute atomic E-state index is 0.137. The molecule has 0 heterocycles. The number of hydrogen-bond donors (Lipinski definition) is 1. The lowest BCUT2D eigenvalue weighted by molar-refractivity contribution is -0.117. The van der Waals surface area contributed by atoms with Crippen LogP contribution < -0.4 is 5.32 Å². The van der Waals surface area contributed by atoms with Gasteiger partial charge in [-0.3, -0.25) is 4.79 Å². The standard InChI is InChI=1S/C15H14NO/c1-12(17)16-15(13-8-4-2-5-9-13)14-10-6-3-7-11-14/h2-11,15H,1H2,(H,16,17). The Balaban J connectivity index is 2.36. The fourth-order valence-corrected chi connectivity index (χ4v) is 1.81. The molecule has 0 spiro atoms. The average molecular weight is 224 g/mol. The lowest BCUT2D eigenvalue weighted by atomic mass is 9.99. The van der Waals surface area contributed by atoms with Gasteiger partial charge in [-0.25, -0.2) is 0 Å². The van der Waals surface area contributed by atoms with Crippen LogP contribution in [0, 0.1) is 6.92 Å². The third-order valence-corrected chi connectivity index (χ3v) is 2.57. The summed E-state index contributed by atoms with van der Waals surface area (Å²) in [5.74, 6) is -0.275. The van der Waals surface area contributed by atoms with Gasteiger partial charge in [0.05, 0.1) is 6.04 Å². The van der Waals surface area contributed by atoms with Gasteiger partial charge >= 0.3 is 0 Å². The van der Waals surface area contributed by atoms with E-state index in [1.807, 2.05) is 60.7 Å². The predicted octanol–water partition coefficient (Wildman–Crippen LogP) is 2.73. The summed E-state index contributed by atoms with van der Waals surface area (Å²) < 4.78 is 0. The Morgan fingerprint density at radius 2 is 1.29 bits per heavy atom. The number of rotatable bonds is 3. The van der Waals surface area contributed by atoms with E-state index in [-0.39, 0.29) is 11.9 Å². The molecule has 2 aromatic carbocycles. The van der Waals surface area contributed by atoms with Gasteiger partial charge in [0.2, 0.25) is 5.91 Å². The highest BCUT2D eigenvalue weighted by molar-refractivity contribution is 5.80. The van der Waals surface area contributed by atoms with E-state index in [2.05, 4.69) is 12.2 Å². The van der Waals surface area contributed by atoms with Crippen LogP contribution in [0.2, 0.25) is 0 Å². The minimum atomic E-state index is -0.275. The Kier molecular flexibility index (Phi) is 3.55. The van der Waals surface area contributed by atoms with E-state index in [0.717, 1.165) is 11.1 Å². The van der Waals surface area contributed by atoms with E-state index >= 15 is 0 Å². The first-order valence-electron chi connectivity index (χ1n) is 5.50. The van der Waals surface area contributed by atoms with Crippen LogP contribution in [0.1, 0.15) is 17.2 Å². The molecule has 0 saturated carbocycles. The Morgan fingerprint density at radius 1 is 0.882 bits per heavy atom. The normalized spacial score (nSPS) is 10.2. The summed E-state index contributed by atoms with van der Waals surface area (Å²) >= 11 is 0. The van der Waals surface area contributed by atoms with Gasteiger partial charge in [-0.1, -0.05) is 60.7 Å². The van der Waals surface area contributed by atoms with E-state index < -0.39 is 0 Å². The topological polar surface area (TPSA) is 29.1 Å². The third kappa shape index (κ3) is 2.94. The minimum Gasteiger partial charge on any atom is -0.345 e. The van der Waals surface area contributed by atoms with Crippen LogP contribution in [-0.4, -0.2) is 5.91 Å². The lowest BCUT2D eigenvalue weighted by Crippen LogP contribution is -2.26. The first-order chi connectivity index (χ1) is 8.27. The number of carbonyl (C=O) groups is 1. The fourth-order valence-electron chi connectivity index (χ4n) is 1.81. The molecule has 1 amide bonds. The molecule has 2 rings (SSSR count). The molecule has 0 aromatic heterocycles. The second-order valence-electron chi connectivity index (χ2n) is 3.82. The van der Waals surface area contributed by atoms with Gasteiger partial charge in [0.25, 0.3) is 0 Å². The van der Waals surface area contributed by atoms with E-state index in [9.17, 15) is 4.79 Å². The number of benzene rings is 2. The Hall–Kier alpha value is -2.09. The second-order valence-corrected chi connectivity index (χ2v) is 3.82. The predicted molar refractivity (Wildman–Crippen MR) is 68.2 cm³/mol. The zero-order valence-corrected chi connectivity index (χ0v) is 9.47. The zero-order chi connectivity index (χ0) is 12.1. The highest BCUT2D eigenvalue weighted by Crippen LogP contribution is 2.21. The third-order valence-electron chi connectivity index (χ3n) is 2.57. The molecule has 0 aliphatic rings. The molecule has 2 aromatic rings. The van der Waals surface area contributed by atoms with Gasteiger partial charge in [-0.2, -0.15) is 0 Å². The summed E-state index contributed by atoms with van der Waals surface area (Å²) in [7, 11) is 0.